The van der Waals surface area contributed by atoms with E-state index in [1.165, 1.54) is 39.0 Å². The van der Waals surface area contributed by atoms with Gasteiger partial charge in [0.25, 0.3) is 0 Å². The second-order valence-electron chi connectivity index (χ2n) is 5.66. The standard InChI is InChI=1S/C15H28O4/c1-3-4-5-6-7-8-9-10-11-15(2,14(18)19)12-13(16)17/h3-12H2,1-2H3,(H,16,17)(H,18,19). The Bertz CT molecular complexity index is 275. The number of unbranched alkanes of at least 4 members (excludes halogenated alkanes) is 7. The Morgan fingerprint density at radius 1 is 0.895 bits per heavy atom. The third-order valence-electron chi connectivity index (χ3n) is 3.64. The van der Waals surface area contributed by atoms with E-state index in [0.717, 1.165) is 19.3 Å². The normalized spacial score (nSPS) is 14.0. The largest absolute Gasteiger partial charge is 0.481 e. The lowest BCUT2D eigenvalue weighted by atomic mass is 9.81. The number of hydrogen-bond donors (Lipinski definition) is 2. The molecule has 0 rings (SSSR count). The molecule has 0 bridgehead atoms. The van der Waals surface area contributed by atoms with E-state index in [1.807, 2.05) is 0 Å². The molecule has 1 unspecified atom stereocenters. The van der Waals surface area contributed by atoms with Crippen LogP contribution in [0.15, 0.2) is 0 Å². The smallest absolute Gasteiger partial charge is 0.309 e. The quantitative estimate of drug-likeness (QED) is 0.525. The average Bonchev–Trinajstić information content (AvgIpc) is 2.31. The Morgan fingerprint density at radius 3 is 1.79 bits per heavy atom. The van der Waals surface area contributed by atoms with Crippen LogP contribution >= 0.6 is 0 Å². The number of aliphatic carboxylic acids is 2. The minimum absolute atomic E-state index is 0.293. The first-order valence-corrected chi connectivity index (χ1v) is 7.37. The summed E-state index contributed by atoms with van der Waals surface area (Å²) in [6.07, 6.45) is 9.32. The van der Waals surface area contributed by atoms with Crippen molar-refractivity contribution in [2.45, 2.75) is 78.1 Å². The molecule has 0 heterocycles. The number of carboxylic acid groups (broad SMARTS) is 2. The fourth-order valence-corrected chi connectivity index (χ4v) is 2.25. The second-order valence-corrected chi connectivity index (χ2v) is 5.66. The van der Waals surface area contributed by atoms with Crippen LogP contribution in [0.4, 0.5) is 0 Å². The van der Waals surface area contributed by atoms with Crippen molar-refractivity contribution in [1.82, 2.24) is 0 Å². The van der Waals surface area contributed by atoms with Gasteiger partial charge in [0.05, 0.1) is 11.8 Å². The number of carbonyl (C=O) groups is 2. The van der Waals surface area contributed by atoms with Gasteiger partial charge in [0.1, 0.15) is 0 Å². The molecular formula is C15H28O4. The lowest BCUT2D eigenvalue weighted by molar-refractivity contribution is -0.155. The molecule has 0 aromatic rings. The zero-order valence-electron chi connectivity index (χ0n) is 12.3. The molecule has 0 radical (unpaired) electrons. The highest BCUT2D eigenvalue weighted by atomic mass is 16.4. The van der Waals surface area contributed by atoms with Crippen LogP contribution in [0.3, 0.4) is 0 Å². The lowest BCUT2D eigenvalue weighted by Gasteiger charge is -2.22. The van der Waals surface area contributed by atoms with Crippen LogP contribution in [0.5, 0.6) is 0 Å². The number of carboxylic acids is 2. The summed E-state index contributed by atoms with van der Waals surface area (Å²) in [6, 6.07) is 0. The zero-order chi connectivity index (χ0) is 14.7. The summed E-state index contributed by atoms with van der Waals surface area (Å²) < 4.78 is 0. The fourth-order valence-electron chi connectivity index (χ4n) is 2.25. The minimum Gasteiger partial charge on any atom is -0.481 e. The molecule has 2 N–H and O–H groups in total. The maximum atomic E-state index is 11.1. The van der Waals surface area contributed by atoms with Gasteiger partial charge in [0.2, 0.25) is 0 Å². The van der Waals surface area contributed by atoms with Gasteiger partial charge in [-0.15, -0.1) is 0 Å². The molecule has 0 aliphatic carbocycles. The maximum absolute atomic E-state index is 11.1. The summed E-state index contributed by atoms with van der Waals surface area (Å²) in [4.78, 5) is 21.8. The van der Waals surface area contributed by atoms with Gasteiger partial charge >= 0.3 is 11.9 Å². The van der Waals surface area contributed by atoms with Crippen LogP contribution < -0.4 is 0 Å². The summed E-state index contributed by atoms with van der Waals surface area (Å²) in [5, 5.41) is 17.9. The van der Waals surface area contributed by atoms with Gasteiger partial charge in [0, 0.05) is 0 Å². The van der Waals surface area contributed by atoms with Gasteiger partial charge in [0.15, 0.2) is 0 Å². The van der Waals surface area contributed by atoms with E-state index in [0.29, 0.717) is 6.42 Å². The summed E-state index contributed by atoms with van der Waals surface area (Å²) >= 11 is 0. The molecule has 0 aliphatic rings. The van der Waals surface area contributed by atoms with E-state index in [4.69, 9.17) is 10.2 Å². The van der Waals surface area contributed by atoms with E-state index >= 15 is 0 Å². The Labute approximate surface area is 116 Å². The molecular weight excluding hydrogens is 244 g/mol. The average molecular weight is 272 g/mol. The van der Waals surface area contributed by atoms with Gasteiger partial charge in [-0.25, -0.2) is 0 Å². The van der Waals surface area contributed by atoms with E-state index in [1.54, 1.807) is 0 Å². The van der Waals surface area contributed by atoms with Gasteiger partial charge in [-0.2, -0.15) is 0 Å². The van der Waals surface area contributed by atoms with Crippen molar-refractivity contribution in [2.75, 3.05) is 0 Å². The molecule has 112 valence electrons. The first-order chi connectivity index (χ1) is 8.92. The van der Waals surface area contributed by atoms with Crippen LogP contribution in [0.25, 0.3) is 0 Å². The summed E-state index contributed by atoms with van der Waals surface area (Å²) in [6.45, 7) is 3.72. The Morgan fingerprint density at radius 2 is 1.37 bits per heavy atom. The van der Waals surface area contributed by atoms with E-state index < -0.39 is 17.4 Å². The van der Waals surface area contributed by atoms with Crippen molar-refractivity contribution in [3.8, 4) is 0 Å². The molecule has 0 spiro atoms. The molecule has 1 atom stereocenters. The molecule has 0 aliphatic heterocycles. The topological polar surface area (TPSA) is 74.6 Å². The third kappa shape index (κ3) is 8.62. The van der Waals surface area contributed by atoms with Crippen molar-refractivity contribution in [3.63, 3.8) is 0 Å². The van der Waals surface area contributed by atoms with E-state index in [-0.39, 0.29) is 6.42 Å². The lowest BCUT2D eigenvalue weighted by Crippen LogP contribution is -2.30. The zero-order valence-corrected chi connectivity index (χ0v) is 12.3. The highest BCUT2D eigenvalue weighted by molar-refractivity contribution is 5.80. The summed E-state index contributed by atoms with van der Waals surface area (Å²) in [7, 11) is 0. The molecule has 0 fully saturated rings. The Hall–Kier alpha value is -1.06. The number of hydrogen-bond acceptors (Lipinski definition) is 2. The van der Waals surface area contributed by atoms with Crippen molar-refractivity contribution in [2.24, 2.45) is 5.41 Å². The van der Waals surface area contributed by atoms with Gasteiger partial charge in [-0.3, -0.25) is 9.59 Å². The maximum Gasteiger partial charge on any atom is 0.309 e. The number of rotatable bonds is 12. The predicted molar refractivity (Wildman–Crippen MR) is 75.2 cm³/mol. The van der Waals surface area contributed by atoms with Crippen LogP contribution in [0.1, 0.15) is 78.1 Å². The third-order valence-corrected chi connectivity index (χ3v) is 3.64. The SMILES string of the molecule is CCCCCCCCCCC(C)(CC(=O)O)C(=O)O. The molecule has 4 heteroatoms. The summed E-state index contributed by atoms with van der Waals surface area (Å²) in [5.74, 6) is -2.04. The Balaban J connectivity index is 3.77. The van der Waals surface area contributed by atoms with Gasteiger partial charge in [-0.1, -0.05) is 58.3 Å². The van der Waals surface area contributed by atoms with Crippen molar-refractivity contribution >= 4 is 11.9 Å². The van der Waals surface area contributed by atoms with Crippen molar-refractivity contribution in [1.29, 1.82) is 0 Å². The van der Waals surface area contributed by atoms with E-state index in [9.17, 15) is 9.59 Å². The van der Waals surface area contributed by atoms with Crippen LogP contribution in [-0.4, -0.2) is 22.2 Å². The predicted octanol–water partition coefficient (Wildman–Crippen LogP) is 4.08. The van der Waals surface area contributed by atoms with E-state index in [2.05, 4.69) is 6.92 Å². The molecule has 19 heavy (non-hydrogen) atoms. The summed E-state index contributed by atoms with van der Waals surface area (Å²) in [5.41, 5.74) is -1.12. The monoisotopic (exact) mass is 272 g/mol. The van der Waals surface area contributed by atoms with Crippen LogP contribution in [-0.2, 0) is 9.59 Å². The van der Waals surface area contributed by atoms with Gasteiger partial charge < -0.3 is 10.2 Å². The van der Waals surface area contributed by atoms with Crippen LogP contribution in [0.2, 0.25) is 0 Å². The van der Waals surface area contributed by atoms with Gasteiger partial charge in [-0.05, 0) is 13.3 Å². The first-order valence-electron chi connectivity index (χ1n) is 7.37. The molecule has 0 aromatic heterocycles. The first kappa shape index (κ1) is 17.9. The second kappa shape index (κ2) is 9.82. The fraction of sp³-hybridized carbons (Fsp3) is 0.867. The minimum atomic E-state index is -1.12. The Kier molecular flexibility index (Phi) is 9.27. The molecule has 4 nitrogen and oxygen atoms in total. The molecule has 0 saturated carbocycles. The van der Waals surface area contributed by atoms with Crippen molar-refractivity contribution < 1.29 is 19.8 Å². The molecule has 0 saturated heterocycles. The molecule has 0 aromatic carbocycles. The molecule has 0 amide bonds. The van der Waals surface area contributed by atoms with Crippen molar-refractivity contribution in [3.05, 3.63) is 0 Å². The highest BCUT2D eigenvalue weighted by Gasteiger charge is 2.34. The van der Waals surface area contributed by atoms with Crippen LogP contribution in [0, 0.1) is 5.41 Å². The highest BCUT2D eigenvalue weighted by Crippen LogP contribution is 2.29.